The Morgan fingerprint density at radius 3 is 2.24 bits per heavy atom. The third-order valence-electron chi connectivity index (χ3n) is 8.32. The van der Waals surface area contributed by atoms with Crippen LogP contribution in [0.2, 0.25) is 0 Å². The number of nitrogens with one attached hydrogen (secondary N) is 3. The highest BCUT2D eigenvalue weighted by Crippen LogP contribution is 2.34. The topological polar surface area (TPSA) is 172 Å². The van der Waals surface area contributed by atoms with Crippen molar-refractivity contribution in [3.63, 3.8) is 0 Å². The molecule has 7 N–H and O–H groups in total. The van der Waals surface area contributed by atoms with Gasteiger partial charge in [0.05, 0.1) is 18.2 Å². The Morgan fingerprint density at radius 2 is 1.53 bits per heavy atom. The van der Waals surface area contributed by atoms with Gasteiger partial charge in [-0.25, -0.2) is 4.79 Å². The molecule has 0 fully saturated rings. The first-order chi connectivity index (χ1) is 23.6. The van der Waals surface area contributed by atoms with Gasteiger partial charge in [-0.3, -0.25) is 9.59 Å². The maximum atomic E-state index is 12.9. The van der Waals surface area contributed by atoms with E-state index in [0.29, 0.717) is 29.6 Å². The lowest BCUT2D eigenvalue weighted by Crippen LogP contribution is -2.36. The van der Waals surface area contributed by atoms with E-state index >= 15 is 0 Å². The Bertz CT molecular complexity index is 2160. The predicted molar refractivity (Wildman–Crippen MR) is 187 cm³/mol. The Morgan fingerprint density at radius 1 is 0.816 bits per heavy atom. The lowest BCUT2D eigenvalue weighted by Gasteiger charge is -2.24. The molecule has 0 unspecified atom stereocenters. The number of carbonyl (C=O) groups is 2. The van der Waals surface area contributed by atoms with Crippen LogP contribution in [-0.2, 0) is 23.5 Å². The van der Waals surface area contributed by atoms with E-state index in [0.717, 1.165) is 20.9 Å². The maximum Gasteiger partial charge on any atom is 0.345 e. The molecule has 248 valence electrons. The number of fused-ring (bicyclic) bond motifs is 1. The standard InChI is InChI=1S/C38H33N3O7S/c42-31-17-15-29(30-16-19-34(44)41-35(30)31)32(43)22-39-20-23-6-8-25(9-7-23)36(45)40-21-28-14-18-33(49-28)24-10-12-27(13-11-24)38(48,37(46)47)26-4-2-1-3-5-26/h1-19,32,39,42-43,48H,20-22H2,(H,40,45)(H,41,44)(H,46,47)/t32-,38-/m0/s1. The Labute approximate surface area is 285 Å². The molecule has 0 bridgehead atoms. The molecule has 0 aliphatic rings. The SMILES string of the molecule is O=C(NCc1ccc(-c2ccc([C@](O)(C(=O)O)c3ccccc3)cc2)s1)c1ccc(CNC[C@H](O)c2ccc(O)c3[nH]c(=O)ccc23)cc1. The summed E-state index contributed by atoms with van der Waals surface area (Å²) in [5.41, 5.74) is 1.14. The molecule has 4 aromatic carbocycles. The summed E-state index contributed by atoms with van der Waals surface area (Å²) in [6.07, 6.45) is -0.882. The summed E-state index contributed by atoms with van der Waals surface area (Å²) in [5.74, 6) is -1.65. The number of pyridine rings is 1. The van der Waals surface area contributed by atoms with Crippen LogP contribution >= 0.6 is 11.3 Å². The first kappa shape index (κ1) is 33.3. The van der Waals surface area contributed by atoms with E-state index in [1.165, 1.54) is 23.5 Å². The number of phenolic OH excluding ortho intramolecular Hbond substituents is 1. The number of carboxylic acid groups (broad SMARTS) is 1. The summed E-state index contributed by atoms with van der Waals surface area (Å²) in [4.78, 5) is 41.1. The number of aromatic amines is 1. The number of H-pyrrole nitrogens is 1. The Balaban J connectivity index is 1.01. The molecule has 2 atom stereocenters. The van der Waals surface area contributed by atoms with Gasteiger partial charge in [0.1, 0.15) is 5.75 Å². The van der Waals surface area contributed by atoms with Crippen LogP contribution in [0.3, 0.4) is 0 Å². The van der Waals surface area contributed by atoms with Crippen molar-refractivity contribution in [2.45, 2.75) is 24.8 Å². The normalized spacial score (nSPS) is 13.1. The minimum atomic E-state index is -2.17. The number of rotatable bonds is 12. The average Bonchev–Trinajstić information content (AvgIpc) is 3.60. The van der Waals surface area contributed by atoms with Crippen LogP contribution in [0, 0.1) is 0 Å². The first-order valence-corrected chi connectivity index (χ1v) is 16.3. The highest BCUT2D eigenvalue weighted by atomic mass is 32.1. The number of aliphatic hydroxyl groups is 2. The predicted octanol–water partition coefficient (Wildman–Crippen LogP) is 5.04. The second kappa shape index (κ2) is 14.3. The number of aromatic nitrogens is 1. The van der Waals surface area contributed by atoms with Crippen LogP contribution in [0.4, 0.5) is 0 Å². The molecule has 0 radical (unpaired) electrons. The van der Waals surface area contributed by atoms with Crippen LogP contribution in [-0.4, -0.2) is 43.8 Å². The van der Waals surface area contributed by atoms with E-state index in [4.69, 9.17) is 0 Å². The third-order valence-corrected chi connectivity index (χ3v) is 9.46. The maximum absolute atomic E-state index is 12.9. The lowest BCUT2D eigenvalue weighted by atomic mass is 9.86. The summed E-state index contributed by atoms with van der Waals surface area (Å²) in [6, 6.07) is 32.1. The van der Waals surface area contributed by atoms with Gasteiger partial charge in [-0.2, -0.15) is 0 Å². The molecule has 0 saturated heterocycles. The number of aliphatic carboxylic acids is 1. The second-order valence-corrected chi connectivity index (χ2v) is 12.7. The van der Waals surface area contributed by atoms with E-state index in [-0.39, 0.29) is 40.4 Å². The largest absolute Gasteiger partial charge is 0.506 e. The number of amides is 1. The Kier molecular flexibility index (Phi) is 9.70. The van der Waals surface area contributed by atoms with Crippen molar-refractivity contribution in [2.24, 2.45) is 0 Å². The monoisotopic (exact) mass is 675 g/mol. The van der Waals surface area contributed by atoms with E-state index in [1.54, 1.807) is 78.9 Å². The number of aromatic hydroxyl groups is 1. The highest BCUT2D eigenvalue weighted by molar-refractivity contribution is 7.15. The summed E-state index contributed by atoms with van der Waals surface area (Å²) < 4.78 is 0. The van der Waals surface area contributed by atoms with Crippen molar-refractivity contribution in [3.05, 3.63) is 158 Å². The highest BCUT2D eigenvalue weighted by Gasteiger charge is 2.40. The molecule has 10 nitrogen and oxygen atoms in total. The van der Waals surface area contributed by atoms with Crippen molar-refractivity contribution in [1.29, 1.82) is 0 Å². The quantitative estimate of drug-likeness (QED) is 0.0946. The molecule has 2 heterocycles. The number of hydrogen-bond donors (Lipinski definition) is 7. The van der Waals surface area contributed by atoms with Crippen LogP contribution < -0.4 is 16.2 Å². The summed E-state index contributed by atoms with van der Waals surface area (Å²) in [6.45, 7) is 1.01. The molecular formula is C38H33N3O7S. The van der Waals surface area contributed by atoms with Crippen molar-refractivity contribution >= 4 is 34.1 Å². The molecular weight excluding hydrogens is 642 g/mol. The van der Waals surface area contributed by atoms with Gasteiger partial charge < -0.3 is 36.0 Å². The minimum absolute atomic E-state index is 0.0675. The molecule has 0 spiro atoms. The average molecular weight is 676 g/mol. The van der Waals surface area contributed by atoms with Crippen molar-refractivity contribution in [1.82, 2.24) is 15.6 Å². The summed E-state index contributed by atoms with van der Waals surface area (Å²) >= 11 is 1.50. The zero-order valence-corrected chi connectivity index (χ0v) is 26.9. The van der Waals surface area contributed by atoms with Crippen molar-refractivity contribution in [2.75, 3.05) is 6.54 Å². The van der Waals surface area contributed by atoms with Crippen LogP contribution in [0.5, 0.6) is 5.75 Å². The molecule has 2 aromatic heterocycles. The van der Waals surface area contributed by atoms with Gasteiger partial charge in [-0.05, 0) is 64.2 Å². The lowest BCUT2D eigenvalue weighted by molar-refractivity contribution is -0.155. The van der Waals surface area contributed by atoms with E-state index < -0.39 is 17.7 Å². The van der Waals surface area contributed by atoms with E-state index in [1.807, 2.05) is 24.3 Å². The van der Waals surface area contributed by atoms with Gasteiger partial charge in [-0.15, -0.1) is 11.3 Å². The first-order valence-electron chi connectivity index (χ1n) is 15.4. The summed E-state index contributed by atoms with van der Waals surface area (Å²) in [5, 5.41) is 48.5. The van der Waals surface area contributed by atoms with Gasteiger partial charge in [-0.1, -0.05) is 72.8 Å². The molecule has 6 rings (SSSR count). The fraction of sp³-hybridized carbons (Fsp3) is 0.132. The molecule has 0 aliphatic carbocycles. The fourth-order valence-corrected chi connectivity index (χ4v) is 6.61. The van der Waals surface area contributed by atoms with E-state index in [9.17, 15) is 34.8 Å². The molecule has 0 aliphatic heterocycles. The third kappa shape index (κ3) is 7.15. The van der Waals surface area contributed by atoms with Gasteiger partial charge in [0, 0.05) is 39.9 Å². The zero-order valence-electron chi connectivity index (χ0n) is 26.1. The molecule has 49 heavy (non-hydrogen) atoms. The number of carbonyl (C=O) groups excluding carboxylic acids is 1. The van der Waals surface area contributed by atoms with Crippen molar-refractivity contribution in [3.8, 4) is 16.2 Å². The van der Waals surface area contributed by atoms with E-state index in [2.05, 4.69) is 15.6 Å². The fourth-order valence-electron chi connectivity index (χ4n) is 5.65. The summed E-state index contributed by atoms with van der Waals surface area (Å²) in [7, 11) is 0. The smallest absolute Gasteiger partial charge is 0.345 e. The second-order valence-electron chi connectivity index (χ2n) is 11.5. The molecule has 1 amide bonds. The molecule has 6 aromatic rings. The van der Waals surface area contributed by atoms with Crippen LogP contribution in [0.1, 0.15) is 43.6 Å². The molecule has 11 heteroatoms. The van der Waals surface area contributed by atoms with Gasteiger partial charge in [0.15, 0.2) is 0 Å². The number of carboxylic acids is 1. The number of aliphatic hydroxyl groups excluding tert-OH is 1. The Hall–Kier alpha value is -5.59. The molecule has 0 saturated carbocycles. The van der Waals surface area contributed by atoms with Gasteiger partial charge in [0.2, 0.25) is 11.2 Å². The minimum Gasteiger partial charge on any atom is -0.506 e. The van der Waals surface area contributed by atoms with Crippen LogP contribution in [0.15, 0.2) is 120 Å². The number of thiophene rings is 1. The van der Waals surface area contributed by atoms with Crippen molar-refractivity contribution < 1.29 is 30.0 Å². The number of hydrogen-bond acceptors (Lipinski definition) is 8. The van der Waals surface area contributed by atoms with Gasteiger partial charge in [0.25, 0.3) is 5.91 Å². The zero-order chi connectivity index (χ0) is 34.5. The number of phenols is 1. The van der Waals surface area contributed by atoms with Gasteiger partial charge >= 0.3 is 5.97 Å². The number of benzene rings is 4. The van der Waals surface area contributed by atoms with Crippen LogP contribution in [0.25, 0.3) is 21.3 Å².